The van der Waals surface area contributed by atoms with Gasteiger partial charge in [-0.2, -0.15) is 0 Å². The maximum atomic E-state index is 13.7. The van der Waals surface area contributed by atoms with Crippen molar-refractivity contribution in [2.45, 2.75) is 69.6 Å². The highest BCUT2D eigenvalue weighted by Crippen LogP contribution is 2.39. The van der Waals surface area contributed by atoms with E-state index in [9.17, 15) is 24.8 Å². The number of ether oxygens (including phenoxy) is 5. The van der Waals surface area contributed by atoms with Crippen molar-refractivity contribution >= 4 is 35.0 Å². The van der Waals surface area contributed by atoms with Crippen LogP contribution in [0.15, 0.2) is 24.3 Å². The highest BCUT2D eigenvalue weighted by atomic mass is 32.2. The predicted octanol–water partition coefficient (Wildman–Crippen LogP) is 4.57. The summed E-state index contributed by atoms with van der Waals surface area (Å²) in [6.45, 7) is 6.34. The highest BCUT2D eigenvalue weighted by molar-refractivity contribution is 7.99. The molecule has 5 rings (SSSR count). The summed E-state index contributed by atoms with van der Waals surface area (Å²) in [5.74, 6) is 1.56. The van der Waals surface area contributed by atoms with Gasteiger partial charge in [0.1, 0.15) is 11.0 Å². The van der Waals surface area contributed by atoms with Gasteiger partial charge in [-0.05, 0) is 50.8 Å². The van der Waals surface area contributed by atoms with Gasteiger partial charge in [-0.25, -0.2) is 0 Å². The summed E-state index contributed by atoms with van der Waals surface area (Å²) in [7, 11) is 2.94. The fraction of sp³-hybridized carbons (Fsp3) is 0.588. The van der Waals surface area contributed by atoms with Crippen LogP contribution in [0.4, 0.5) is 11.4 Å². The summed E-state index contributed by atoms with van der Waals surface area (Å²) in [6.07, 6.45) is 2.71. The van der Waals surface area contributed by atoms with Gasteiger partial charge in [-0.1, -0.05) is 6.92 Å². The zero-order valence-electron chi connectivity index (χ0n) is 28.5. The number of aliphatic hydroxyl groups is 1. The number of aliphatic hydroxyl groups excluding tert-OH is 1. The van der Waals surface area contributed by atoms with Crippen LogP contribution >= 0.6 is 11.8 Å². The van der Waals surface area contributed by atoms with Crippen molar-refractivity contribution in [2.75, 3.05) is 64.7 Å². The van der Waals surface area contributed by atoms with E-state index in [0.717, 1.165) is 18.6 Å². The minimum Gasteiger partial charge on any atom is -0.493 e. The second-order valence-corrected chi connectivity index (χ2v) is 13.5. The summed E-state index contributed by atoms with van der Waals surface area (Å²) < 4.78 is 28.9. The van der Waals surface area contributed by atoms with Crippen LogP contribution in [0, 0.1) is 10.1 Å². The number of carbonyl (C=O) groups excluding carboxylic acids is 2. The molecule has 2 saturated heterocycles. The van der Waals surface area contributed by atoms with Gasteiger partial charge < -0.3 is 43.9 Å². The molecule has 0 bridgehead atoms. The van der Waals surface area contributed by atoms with Crippen LogP contribution in [0.1, 0.15) is 66.7 Å². The number of nitro benzene ring substituents is 1. The number of likely N-dealkylation sites (tertiary alicyclic amines) is 1. The van der Waals surface area contributed by atoms with Crippen LogP contribution in [0.5, 0.6) is 23.0 Å². The SMILES string of the molecule is CCOC(SCC)[C@@H]1CCCN1C(=O)c1cc(OC)c(OCCCCOc2cc3c(cc2OC)C(=O)N2C[C@H](O)C[C@H]2CN3)cc1[N+](=O)[O-]. The lowest BCUT2D eigenvalue weighted by Crippen LogP contribution is -2.43. The fourth-order valence-electron chi connectivity index (χ4n) is 6.67. The summed E-state index contributed by atoms with van der Waals surface area (Å²) in [6, 6.07) is 5.81. The number of methoxy groups -OCH3 is 2. The van der Waals surface area contributed by atoms with Crippen LogP contribution in [-0.2, 0) is 4.74 Å². The molecule has 0 aromatic heterocycles. The van der Waals surface area contributed by atoms with Crippen molar-refractivity contribution in [1.29, 1.82) is 0 Å². The number of nitrogens with one attached hydrogen (secondary N) is 1. The first-order chi connectivity index (χ1) is 23.7. The summed E-state index contributed by atoms with van der Waals surface area (Å²) in [5, 5.41) is 25.5. The number of thioether (sulfide) groups is 1. The molecule has 3 heterocycles. The van der Waals surface area contributed by atoms with Gasteiger partial charge in [0.25, 0.3) is 17.5 Å². The number of fused-ring (bicyclic) bond motifs is 2. The number of hydrogen-bond donors (Lipinski definition) is 2. The molecular formula is C34H46N4O10S. The number of nitro groups is 1. The molecule has 3 aliphatic heterocycles. The molecule has 0 aliphatic carbocycles. The predicted molar refractivity (Wildman–Crippen MR) is 184 cm³/mol. The third-order valence-electron chi connectivity index (χ3n) is 9.01. The minimum atomic E-state index is -0.567. The van der Waals surface area contributed by atoms with Gasteiger partial charge in [0.15, 0.2) is 23.0 Å². The Bertz CT molecular complexity index is 1500. The van der Waals surface area contributed by atoms with Crippen molar-refractivity contribution < 1.29 is 43.3 Å². The molecule has 0 saturated carbocycles. The minimum absolute atomic E-state index is 0.0462. The Kier molecular flexibility index (Phi) is 12.3. The molecular weight excluding hydrogens is 656 g/mol. The Morgan fingerprint density at radius 3 is 2.43 bits per heavy atom. The van der Waals surface area contributed by atoms with Gasteiger partial charge >= 0.3 is 0 Å². The van der Waals surface area contributed by atoms with Crippen molar-refractivity contribution in [1.82, 2.24) is 9.80 Å². The van der Waals surface area contributed by atoms with Crippen LogP contribution in [0.2, 0.25) is 0 Å². The van der Waals surface area contributed by atoms with Crippen LogP contribution < -0.4 is 24.3 Å². The molecule has 4 atom stereocenters. The molecule has 2 aromatic carbocycles. The Balaban J connectivity index is 1.20. The largest absolute Gasteiger partial charge is 0.493 e. The molecule has 3 aliphatic rings. The van der Waals surface area contributed by atoms with E-state index in [-0.39, 0.29) is 52.8 Å². The summed E-state index contributed by atoms with van der Waals surface area (Å²) in [4.78, 5) is 41.9. The van der Waals surface area contributed by atoms with Gasteiger partial charge in [0, 0.05) is 38.4 Å². The standard InChI is InChI=1S/C34H46N4O10S/c1-5-46-34(49-6-2)26-10-9-11-36(26)33(41)24-16-29(45-4)31(18-27(24)38(42)43)48-13-8-7-12-47-30-17-25-23(15-28(30)44-3)32(40)37-20-22(39)14-21(37)19-35-25/h15-18,21-22,26,34-35,39H,5-14,19-20H2,1-4H3/t21-,22+,26-,34?/m0/s1. The van der Waals surface area contributed by atoms with E-state index in [0.29, 0.717) is 74.9 Å². The van der Waals surface area contributed by atoms with Gasteiger partial charge in [-0.15, -0.1) is 11.8 Å². The maximum absolute atomic E-state index is 13.7. The Hall–Kier alpha value is -3.95. The monoisotopic (exact) mass is 702 g/mol. The first-order valence-corrected chi connectivity index (χ1v) is 17.9. The molecule has 2 amide bonds. The van der Waals surface area contributed by atoms with Crippen molar-refractivity contribution in [2.24, 2.45) is 0 Å². The molecule has 14 nitrogen and oxygen atoms in total. The fourth-order valence-corrected chi connectivity index (χ4v) is 7.73. The van der Waals surface area contributed by atoms with E-state index in [1.165, 1.54) is 26.4 Å². The first kappa shape index (κ1) is 36.3. The van der Waals surface area contributed by atoms with Crippen molar-refractivity contribution in [3.63, 3.8) is 0 Å². The van der Waals surface area contributed by atoms with Crippen LogP contribution in [0.25, 0.3) is 0 Å². The number of carbonyl (C=O) groups is 2. The average molecular weight is 703 g/mol. The van der Waals surface area contributed by atoms with E-state index in [2.05, 4.69) is 5.32 Å². The van der Waals surface area contributed by atoms with Gasteiger partial charge in [0.2, 0.25) is 0 Å². The molecule has 49 heavy (non-hydrogen) atoms. The normalized spacial score (nSPS) is 20.6. The zero-order valence-corrected chi connectivity index (χ0v) is 29.3. The smallest absolute Gasteiger partial charge is 0.286 e. The molecule has 2 N–H and O–H groups in total. The second-order valence-electron chi connectivity index (χ2n) is 12.1. The van der Waals surface area contributed by atoms with E-state index in [1.807, 2.05) is 13.8 Å². The van der Waals surface area contributed by atoms with E-state index in [1.54, 1.807) is 33.7 Å². The van der Waals surface area contributed by atoms with Crippen molar-refractivity contribution in [3.8, 4) is 23.0 Å². The Morgan fingerprint density at radius 1 is 1.08 bits per heavy atom. The lowest BCUT2D eigenvalue weighted by molar-refractivity contribution is -0.385. The Labute approximate surface area is 290 Å². The third-order valence-corrected chi connectivity index (χ3v) is 10.1. The number of nitrogens with zero attached hydrogens (tertiary/aromatic N) is 3. The zero-order chi connectivity index (χ0) is 35.1. The molecule has 0 spiro atoms. The lowest BCUT2D eigenvalue weighted by atomic mass is 10.1. The summed E-state index contributed by atoms with van der Waals surface area (Å²) >= 11 is 1.63. The molecule has 268 valence electrons. The second kappa shape index (κ2) is 16.6. The number of amides is 2. The molecule has 2 aromatic rings. The van der Waals surface area contributed by atoms with Crippen molar-refractivity contribution in [3.05, 3.63) is 45.5 Å². The highest BCUT2D eigenvalue weighted by Gasteiger charge is 2.39. The van der Waals surface area contributed by atoms with Gasteiger partial charge in [0.05, 0.1) is 67.9 Å². The summed E-state index contributed by atoms with van der Waals surface area (Å²) in [5.41, 5.74) is 0.523. The average Bonchev–Trinajstić information content (AvgIpc) is 3.71. The molecule has 1 unspecified atom stereocenters. The number of rotatable bonds is 16. The third kappa shape index (κ3) is 8.10. The van der Waals surface area contributed by atoms with Crippen LogP contribution in [0.3, 0.4) is 0 Å². The molecule has 0 radical (unpaired) electrons. The molecule has 2 fully saturated rings. The number of benzene rings is 2. The van der Waals surface area contributed by atoms with E-state index in [4.69, 9.17) is 23.7 Å². The van der Waals surface area contributed by atoms with Gasteiger partial charge in [-0.3, -0.25) is 19.7 Å². The topological polar surface area (TPSA) is 162 Å². The molecule has 15 heteroatoms. The van der Waals surface area contributed by atoms with E-state index >= 15 is 0 Å². The van der Waals surface area contributed by atoms with E-state index < -0.39 is 16.9 Å². The number of anilines is 1. The first-order valence-electron chi connectivity index (χ1n) is 16.8. The number of hydrogen-bond acceptors (Lipinski definition) is 12. The number of unbranched alkanes of at least 4 members (excludes halogenated alkanes) is 1. The maximum Gasteiger partial charge on any atom is 0.286 e. The van der Waals surface area contributed by atoms with Crippen LogP contribution in [-0.4, -0.2) is 115 Å². The lowest BCUT2D eigenvalue weighted by Gasteiger charge is -2.31. The quantitative estimate of drug-likeness (QED) is 0.109. The Morgan fingerprint density at radius 2 is 1.78 bits per heavy atom.